The summed E-state index contributed by atoms with van der Waals surface area (Å²) in [7, 11) is 0. The first-order valence-corrected chi connectivity index (χ1v) is 9.37. The Kier molecular flexibility index (Phi) is 4.96. The Balaban J connectivity index is 1.76. The number of halogens is 1. The van der Waals surface area contributed by atoms with Crippen LogP contribution >= 0.6 is 0 Å². The van der Waals surface area contributed by atoms with Gasteiger partial charge in [-0.15, -0.1) is 0 Å². The van der Waals surface area contributed by atoms with E-state index in [-0.39, 0.29) is 23.9 Å². The van der Waals surface area contributed by atoms with Crippen molar-refractivity contribution in [3.8, 4) is 16.9 Å². The quantitative estimate of drug-likeness (QED) is 0.693. The largest absolute Gasteiger partial charge is 0.372 e. The topological polar surface area (TPSA) is 47.4 Å². The van der Waals surface area contributed by atoms with E-state index in [9.17, 15) is 9.18 Å². The van der Waals surface area contributed by atoms with Gasteiger partial charge in [0.2, 0.25) is 0 Å². The van der Waals surface area contributed by atoms with Gasteiger partial charge in [0.25, 0.3) is 5.91 Å². The third-order valence-corrected chi connectivity index (χ3v) is 4.78. The summed E-state index contributed by atoms with van der Waals surface area (Å²) in [5.41, 5.74) is 2.66. The standard InChI is InChI=1S/C22H22FN3O2/c1-15-13-25(14-16(2)28-15)22(27)21-12-20(17-8-10-18(23)11-9-17)24-26(21)19-6-4-3-5-7-19/h3-12,15-16H,13-14H2,1-2H3/t15-,16-/m0/s1. The molecule has 6 heteroatoms. The maximum absolute atomic E-state index is 13.3. The van der Waals surface area contributed by atoms with Crippen molar-refractivity contribution >= 4 is 5.91 Å². The summed E-state index contributed by atoms with van der Waals surface area (Å²) in [6, 6.07) is 17.4. The van der Waals surface area contributed by atoms with Gasteiger partial charge in [-0.3, -0.25) is 4.79 Å². The predicted octanol–water partition coefficient (Wildman–Crippen LogP) is 3.93. The number of aromatic nitrogens is 2. The summed E-state index contributed by atoms with van der Waals surface area (Å²) >= 11 is 0. The zero-order valence-corrected chi connectivity index (χ0v) is 15.9. The van der Waals surface area contributed by atoms with Crippen LogP contribution in [0.3, 0.4) is 0 Å². The van der Waals surface area contributed by atoms with Gasteiger partial charge in [-0.2, -0.15) is 5.10 Å². The molecule has 4 rings (SSSR count). The Morgan fingerprint density at radius 2 is 1.68 bits per heavy atom. The van der Waals surface area contributed by atoms with Crippen LogP contribution in [0.1, 0.15) is 24.3 Å². The molecule has 1 aliphatic rings. The number of morpholine rings is 1. The van der Waals surface area contributed by atoms with E-state index in [2.05, 4.69) is 5.10 Å². The molecule has 2 heterocycles. The van der Waals surface area contributed by atoms with Crippen LogP contribution in [0, 0.1) is 5.82 Å². The molecule has 28 heavy (non-hydrogen) atoms. The van der Waals surface area contributed by atoms with E-state index >= 15 is 0 Å². The molecule has 1 aromatic heterocycles. The van der Waals surface area contributed by atoms with Crippen LogP contribution in [-0.4, -0.2) is 45.9 Å². The Hall–Kier alpha value is -2.99. The summed E-state index contributed by atoms with van der Waals surface area (Å²) in [6.07, 6.45) is -0.0327. The molecule has 0 spiro atoms. The number of benzene rings is 2. The van der Waals surface area contributed by atoms with Crippen molar-refractivity contribution in [3.63, 3.8) is 0 Å². The van der Waals surface area contributed by atoms with E-state index in [0.717, 1.165) is 11.3 Å². The molecule has 5 nitrogen and oxygen atoms in total. The third kappa shape index (κ3) is 3.68. The van der Waals surface area contributed by atoms with E-state index in [1.54, 1.807) is 22.9 Å². The molecule has 1 saturated heterocycles. The highest BCUT2D eigenvalue weighted by Crippen LogP contribution is 2.24. The molecule has 1 fully saturated rings. The second-order valence-corrected chi connectivity index (χ2v) is 7.14. The van der Waals surface area contributed by atoms with Crippen LogP contribution in [0.4, 0.5) is 4.39 Å². The fourth-order valence-electron chi connectivity index (χ4n) is 3.57. The first kappa shape index (κ1) is 18.4. The number of carbonyl (C=O) groups is 1. The van der Waals surface area contributed by atoms with Gasteiger partial charge in [0.15, 0.2) is 0 Å². The van der Waals surface area contributed by atoms with Gasteiger partial charge in [-0.25, -0.2) is 9.07 Å². The molecular formula is C22H22FN3O2. The Bertz CT molecular complexity index is 959. The van der Waals surface area contributed by atoms with Gasteiger partial charge in [-0.05, 0) is 56.3 Å². The van der Waals surface area contributed by atoms with Gasteiger partial charge >= 0.3 is 0 Å². The molecule has 144 valence electrons. The molecule has 0 saturated carbocycles. The lowest BCUT2D eigenvalue weighted by Gasteiger charge is -2.35. The molecule has 1 aliphatic heterocycles. The van der Waals surface area contributed by atoms with Gasteiger partial charge in [0.1, 0.15) is 11.5 Å². The van der Waals surface area contributed by atoms with Crippen molar-refractivity contribution in [2.24, 2.45) is 0 Å². The summed E-state index contributed by atoms with van der Waals surface area (Å²) in [5.74, 6) is -0.398. The SMILES string of the molecule is C[C@H]1CN(C(=O)c2cc(-c3ccc(F)cc3)nn2-c2ccccc2)C[C@H](C)O1. The first-order chi connectivity index (χ1) is 13.5. The monoisotopic (exact) mass is 379 g/mol. The lowest BCUT2D eigenvalue weighted by molar-refractivity contribution is -0.0588. The van der Waals surface area contributed by atoms with E-state index in [0.29, 0.717) is 24.5 Å². The Morgan fingerprint density at radius 1 is 1.04 bits per heavy atom. The van der Waals surface area contributed by atoms with E-state index in [1.807, 2.05) is 49.1 Å². The van der Waals surface area contributed by atoms with E-state index in [1.165, 1.54) is 12.1 Å². The highest BCUT2D eigenvalue weighted by molar-refractivity contribution is 5.94. The van der Waals surface area contributed by atoms with E-state index < -0.39 is 0 Å². The van der Waals surface area contributed by atoms with Gasteiger partial charge in [0.05, 0.1) is 23.6 Å². The van der Waals surface area contributed by atoms with Crippen molar-refractivity contribution in [2.75, 3.05) is 13.1 Å². The summed E-state index contributed by atoms with van der Waals surface area (Å²) in [4.78, 5) is 15.1. The van der Waals surface area contributed by atoms with Crippen LogP contribution in [-0.2, 0) is 4.74 Å². The molecule has 0 unspecified atom stereocenters. The van der Waals surface area contributed by atoms with Crippen molar-refractivity contribution in [1.29, 1.82) is 0 Å². The van der Waals surface area contributed by atoms with Crippen LogP contribution < -0.4 is 0 Å². The first-order valence-electron chi connectivity index (χ1n) is 9.37. The summed E-state index contributed by atoms with van der Waals surface area (Å²) in [6.45, 7) is 5.01. The van der Waals surface area contributed by atoms with Crippen LogP contribution in [0.2, 0.25) is 0 Å². The highest BCUT2D eigenvalue weighted by atomic mass is 19.1. The maximum atomic E-state index is 13.3. The van der Waals surface area contributed by atoms with Crippen molar-refractivity contribution in [1.82, 2.24) is 14.7 Å². The average Bonchev–Trinajstić information content (AvgIpc) is 3.13. The lowest BCUT2D eigenvalue weighted by atomic mass is 10.1. The van der Waals surface area contributed by atoms with Crippen LogP contribution in [0.15, 0.2) is 60.7 Å². The van der Waals surface area contributed by atoms with Crippen LogP contribution in [0.5, 0.6) is 0 Å². The fraction of sp³-hybridized carbons (Fsp3) is 0.273. The molecule has 0 N–H and O–H groups in total. The minimum absolute atomic E-state index is 0.0163. The van der Waals surface area contributed by atoms with Gasteiger partial charge in [0, 0.05) is 18.7 Å². The molecule has 3 aromatic rings. The molecule has 2 atom stereocenters. The minimum atomic E-state index is -0.307. The molecular weight excluding hydrogens is 357 g/mol. The molecule has 2 aromatic carbocycles. The summed E-state index contributed by atoms with van der Waals surface area (Å²) in [5, 5.41) is 4.65. The number of amides is 1. The van der Waals surface area contributed by atoms with E-state index in [4.69, 9.17) is 4.74 Å². The average molecular weight is 379 g/mol. The number of rotatable bonds is 3. The number of carbonyl (C=O) groups excluding carboxylic acids is 1. The van der Waals surface area contributed by atoms with Crippen molar-refractivity contribution in [2.45, 2.75) is 26.1 Å². The normalized spacial score (nSPS) is 19.6. The lowest BCUT2D eigenvalue weighted by Crippen LogP contribution is -2.48. The zero-order chi connectivity index (χ0) is 19.7. The molecule has 0 radical (unpaired) electrons. The van der Waals surface area contributed by atoms with Crippen molar-refractivity contribution < 1.29 is 13.9 Å². The number of ether oxygens (including phenoxy) is 1. The number of para-hydroxylation sites is 1. The second kappa shape index (κ2) is 7.56. The highest BCUT2D eigenvalue weighted by Gasteiger charge is 2.29. The number of hydrogen-bond donors (Lipinski definition) is 0. The fourth-order valence-corrected chi connectivity index (χ4v) is 3.57. The Labute approximate surface area is 163 Å². The van der Waals surface area contributed by atoms with Gasteiger partial charge < -0.3 is 9.64 Å². The molecule has 1 amide bonds. The Morgan fingerprint density at radius 3 is 2.32 bits per heavy atom. The number of hydrogen-bond acceptors (Lipinski definition) is 3. The third-order valence-electron chi connectivity index (χ3n) is 4.78. The molecule has 0 aliphatic carbocycles. The zero-order valence-electron chi connectivity index (χ0n) is 15.9. The second-order valence-electron chi connectivity index (χ2n) is 7.14. The maximum Gasteiger partial charge on any atom is 0.272 e. The van der Waals surface area contributed by atoms with Crippen molar-refractivity contribution in [3.05, 3.63) is 72.2 Å². The van der Waals surface area contributed by atoms with Gasteiger partial charge in [-0.1, -0.05) is 18.2 Å². The minimum Gasteiger partial charge on any atom is -0.372 e. The summed E-state index contributed by atoms with van der Waals surface area (Å²) < 4.78 is 20.7. The predicted molar refractivity (Wildman–Crippen MR) is 105 cm³/mol. The number of nitrogens with zero attached hydrogens (tertiary/aromatic N) is 3. The van der Waals surface area contributed by atoms with Crippen LogP contribution in [0.25, 0.3) is 16.9 Å². The molecule has 0 bridgehead atoms. The smallest absolute Gasteiger partial charge is 0.272 e.